The van der Waals surface area contributed by atoms with E-state index in [4.69, 9.17) is 27.7 Å². The van der Waals surface area contributed by atoms with Crippen molar-refractivity contribution in [1.82, 2.24) is 15.1 Å². The van der Waals surface area contributed by atoms with E-state index in [1.807, 2.05) is 0 Å². The van der Waals surface area contributed by atoms with Gasteiger partial charge in [-0.25, -0.2) is 9.97 Å². The number of amides is 1. The maximum absolute atomic E-state index is 12.2. The second-order valence-corrected chi connectivity index (χ2v) is 5.61. The van der Waals surface area contributed by atoms with Gasteiger partial charge in [0.2, 0.25) is 5.95 Å². The van der Waals surface area contributed by atoms with E-state index in [9.17, 15) is 4.79 Å². The molecule has 122 valence electrons. The molecule has 0 aliphatic heterocycles. The molecule has 0 aliphatic carbocycles. The van der Waals surface area contributed by atoms with E-state index in [0.717, 1.165) is 0 Å². The summed E-state index contributed by atoms with van der Waals surface area (Å²) in [5.74, 6) is 1.00. The van der Waals surface area contributed by atoms with Crippen molar-refractivity contribution in [1.29, 1.82) is 0 Å². The van der Waals surface area contributed by atoms with Gasteiger partial charge in [0.05, 0.1) is 21.3 Å². The van der Waals surface area contributed by atoms with Gasteiger partial charge in [-0.05, 0) is 19.1 Å². The normalized spacial score (nSPS) is 10.5. The molecule has 2 heterocycles. The monoisotopic (exact) mass is 363 g/mol. The van der Waals surface area contributed by atoms with Gasteiger partial charge in [0.25, 0.3) is 5.91 Å². The number of rotatable bonds is 4. The lowest BCUT2D eigenvalue weighted by atomic mass is 10.2. The van der Waals surface area contributed by atoms with E-state index in [-0.39, 0.29) is 11.5 Å². The molecule has 0 spiro atoms. The molecule has 0 saturated carbocycles. The SMILES string of the molecule is Cc1cc(Nc2ncc(C(=O)Nc3c(Cl)cccc3Cl)cn2)no1. The van der Waals surface area contributed by atoms with Gasteiger partial charge in [-0.15, -0.1) is 0 Å². The maximum atomic E-state index is 12.2. The summed E-state index contributed by atoms with van der Waals surface area (Å²) in [6, 6.07) is 6.65. The lowest BCUT2D eigenvalue weighted by molar-refractivity contribution is 0.102. The summed E-state index contributed by atoms with van der Waals surface area (Å²) in [6.45, 7) is 1.77. The van der Waals surface area contributed by atoms with Crippen LogP contribution in [0.3, 0.4) is 0 Å². The average Bonchev–Trinajstić information content (AvgIpc) is 2.96. The zero-order chi connectivity index (χ0) is 17.1. The molecule has 0 atom stereocenters. The molecular formula is C15H11Cl2N5O2. The van der Waals surface area contributed by atoms with Crippen molar-refractivity contribution in [3.05, 3.63) is 58.0 Å². The molecule has 0 unspecified atom stereocenters. The quantitative estimate of drug-likeness (QED) is 0.725. The van der Waals surface area contributed by atoms with E-state index >= 15 is 0 Å². The lowest BCUT2D eigenvalue weighted by Gasteiger charge is -2.09. The first kappa shape index (κ1) is 16.2. The van der Waals surface area contributed by atoms with Crippen molar-refractivity contribution in [3.63, 3.8) is 0 Å². The van der Waals surface area contributed by atoms with E-state index in [2.05, 4.69) is 25.8 Å². The van der Waals surface area contributed by atoms with Crippen LogP contribution in [0.25, 0.3) is 0 Å². The van der Waals surface area contributed by atoms with Crippen molar-refractivity contribution in [2.45, 2.75) is 6.92 Å². The zero-order valence-corrected chi connectivity index (χ0v) is 13.9. The van der Waals surface area contributed by atoms with Crippen LogP contribution in [-0.2, 0) is 0 Å². The highest BCUT2D eigenvalue weighted by molar-refractivity contribution is 6.40. The zero-order valence-electron chi connectivity index (χ0n) is 12.4. The molecule has 0 fully saturated rings. The van der Waals surface area contributed by atoms with E-state index in [1.54, 1.807) is 31.2 Å². The number of carbonyl (C=O) groups is 1. The van der Waals surface area contributed by atoms with Crippen LogP contribution in [-0.4, -0.2) is 21.0 Å². The number of anilines is 3. The number of carbonyl (C=O) groups excluding carboxylic acids is 1. The second-order valence-electron chi connectivity index (χ2n) is 4.79. The predicted octanol–water partition coefficient (Wildman–Crippen LogP) is 4.08. The van der Waals surface area contributed by atoms with Crippen LogP contribution in [0.4, 0.5) is 17.5 Å². The lowest BCUT2D eigenvalue weighted by Crippen LogP contribution is -2.13. The Kier molecular flexibility index (Phi) is 4.64. The first-order chi connectivity index (χ1) is 11.5. The average molecular weight is 364 g/mol. The van der Waals surface area contributed by atoms with Crippen LogP contribution in [0, 0.1) is 6.92 Å². The largest absolute Gasteiger partial charge is 0.360 e. The maximum Gasteiger partial charge on any atom is 0.258 e. The van der Waals surface area contributed by atoms with Gasteiger partial charge in [-0.2, -0.15) is 0 Å². The molecule has 9 heteroatoms. The van der Waals surface area contributed by atoms with Gasteiger partial charge in [0, 0.05) is 18.5 Å². The third-order valence-corrected chi connectivity index (χ3v) is 3.61. The minimum Gasteiger partial charge on any atom is -0.360 e. The van der Waals surface area contributed by atoms with Crippen molar-refractivity contribution in [2.75, 3.05) is 10.6 Å². The molecule has 0 saturated heterocycles. The van der Waals surface area contributed by atoms with Crippen LogP contribution in [0.5, 0.6) is 0 Å². The summed E-state index contributed by atoms with van der Waals surface area (Å²) in [5.41, 5.74) is 0.596. The van der Waals surface area contributed by atoms with Crippen molar-refractivity contribution >= 4 is 46.6 Å². The number of aromatic nitrogens is 3. The number of aryl methyl sites for hydroxylation is 1. The van der Waals surface area contributed by atoms with Crippen molar-refractivity contribution in [3.8, 4) is 0 Å². The molecule has 3 aromatic rings. The Balaban J connectivity index is 1.72. The number of nitrogens with one attached hydrogen (secondary N) is 2. The first-order valence-electron chi connectivity index (χ1n) is 6.80. The van der Waals surface area contributed by atoms with Gasteiger partial charge in [-0.3, -0.25) is 4.79 Å². The number of hydrogen-bond acceptors (Lipinski definition) is 6. The topological polar surface area (TPSA) is 92.9 Å². The molecule has 3 rings (SSSR count). The predicted molar refractivity (Wildman–Crippen MR) is 91.0 cm³/mol. The van der Waals surface area contributed by atoms with Crippen LogP contribution in [0.1, 0.15) is 16.1 Å². The number of para-hydroxylation sites is 1. The Morgan fingerprint density at radius 1 is 1.17 bits per heavy atom. The second kappa shape index (κ2) is 6.86. The van der Waals surface area contributed by atoms with Crippen molar-refractivity contribution < 1.29 is 9.32 Å². The Hall–Kier alpha value is -2.64. The van der Waals surface area contributed by atoms with E-state index in [1.165, 1.54) is 12.4 Å². The number of benzene rings is 1. The highest BCUT2D eigenvalue weighted by atomic mass is 35.5. The summed E-state index contributed by atoms with van der Waals surface area (Å²) in [6.07, 6.45) is 2.75. The van der Waals surface area contributed by atoms with E-state index < -0.39 is 5.91 Å². The highest BCUT2D eigenvalue weighted by Gasteiger charge is 2.12. The Bertz CT molecular complexity index is 860. The minimum absolute atomic E-state index is 0.257. The first-order valence-corrected chi connectivity index (χ1v) is 7.56. The van der Waals surface area contributed by atoms with Crippen LogP contribution in [0.15, 0.2) is 41.2 Å². The Labute approximate surface area is 147 Å². The fourth-order valence-electron chi connectivity index (χ4n) is 1.85. The van der Waals surface area contributed by atoms with Gasteiger partial charge in [0.1, 0.15) is 5.76 Å². The number of nitrogens with zero attached hydrogens (tertiary/aromatic N) is 3. The van der Waals surface area contributed by atoms with Crippen LogP contribution >= 0.6 is 23.2 Å². The summed E-state index contributed by atoms with van der Waals surface area (Å²) in [7, 11) is 0. The van der Waals surface area contributed by atoms with Crippen LogP contribution < -0.4 is 10.6 Å². The molecule has 24 heavy (non-hydrogen) atoms. The molecule has 1 amide bonds. The molecule has 0 radical (unpaired) electrons. The fraction of sp³-hybridized carbons (Fsp3) is 0.0667. The van der Waals surface area contributed by atoms with Gasteiger partial charge < -0.3 is 15.2 Å². The summed E-state index contributed by atoms with van der Waals surface area (Å²) in [4.78, 5) is 20.4. The number of halogens is 2. The molecule has 0 bridgehead atoms. The molecule has 0 aliphatic rings. The molecule has 2 aromatic heterocycles. The molecular weight excluding hydrogens is 353 g/mol. The Morgan fingerprint density at radius 3 is 2.42 bits per heavy atom. The smallest absolute Gasteiger partial charge is 0.258 e. The molecule has 2 N–H and O–H groups in total. The van der Waals surface area contributed by atoms with Crippen LogP contribution in [0.2, 0.25) is 10.0 Å². The summed E-state index contributed by atoms with van der Waals surface area (Å²) >= 11 is 12.0. The molecule has 7 nitrogen and oxygen atoms in total. The minimum atomic E-state index is -0.422. The van der Waals surface area contributed by atoms with Crippen molar-refractivity contribution in [2.24, 2.45) is 0 Å². The molecule has 1 aromatic carbocycles. The van der Waals surface area contributed by atoms with Gasteiger partial charge in [0.15, 0.2) is 5.82 Å². The fourth-order valence-corrected chi connectivity index (χ4v) is 2.34. The van der Waals surface area contributed by atoms with E-state index in [0.29, 0.717) is 27.3 Å². The van der Waals surface area contributed by atoms with Gasteiger partial charge >= 0.3 is 0 Å². The third kappa shape index (κ3) is 3.64. The number of hydrogen-bond donors (Lipinski definition) is 2. The van der Waals surface area contributed by atoms with Gasteiger partial charge in [-0.1, -0.05) is 34.4 Å². The Morgan fingerprint density at radius 2 is 1.83 bits per heavy atom. The summed E-state index contributed by atoms with van der Waals surface area (Å²) in [5, 5.41) is 9.95. The standard InChI is InChI=1S/C15H11Cl2N5O2/c1-8-5-12(22-24-8)20-15-18-6-9(7-19-15)14(23)21-13-10(16)3-2-4-11(13)17/h2-7H,1H3,(H,21,23)(H,18,19,20,22). The highest BCUT2D eigenvalue weighted by Crippen LogP contribution is 2.30. The third-order valence-electron chi connectivity index (χ3n) is 2.98. The summed E-state index contributed by atoms with van der Waals surface area (Å²) < 4.78 is 4.93.